The van der Waals surface area contributed by atoms with Crippen LogP contribution in [0.25, 0.3) is 0 Å². The van der Waals surface area contributed by atoms with E-state index in [0.717, 1.165) is 12.5 Å². The SMILES string of the molecule is CC(CCCC(c1ccccc1)C1CCOC(C)(C)C1)c1ccccc1. The van der Waals surface area contributed by atoms with Gasteiger partial charge in [-0.25, -0.2) is 0 Å². The maximum atomic E-state index is 5.98. The molecule has 3 unspecified atom stereocenters. The van der Waals surface area contributed by atoms with E-state index in [1.165, 1.54) is 43.2 Å². The third-order valence-electron chi connectivity index (χ3n) is 6.05. The van der Waals surface area contributed by atoms with Crippen LogP contribution in [0.15, 0.2) is 60.7 Å². The van der Waals surface area contributed by atoms with Crippen molar-refractivity contribution < 1.29 is 4.74 Å². The molecular formula is C25H34O. The normalized spacial score (nSPS) is 21.9. The van der Waals surface area contributed by atoms with Gasteiger partial charge < -0.3 is 4.74 Å². The summed E-state index contributed by atoms with van der Waals surface area (Å²) in [5.74, 6) is 2.02. The van der Waals surface area contributed by atoms with E-state index < -0.39 is 0 Å². The first-order chi connectivity index (χ1) is 12.6. The van der Waals surface area contributed by atoms with Crippen molar-refractivity contribution in [1.82, 2.24) is 0 Å². The topological polar surface area (TPSA) is 9.23 Å². The zero-order chi connectivity index (χ0) is 18.4. The fraction of sp³-hybridized carbons (Fsp3) is 0.520. The molecule has 0 bridgehead atoms. The number of rotatable bonds is 7. The van der Waals surface area contributed by atoms with Gasteiger partial charge in [-0.05, 0) is 68.4 Å². The van der Waals surface area contributed by atoms with Crippen molar-refractivity contribution in [2.45, 2.75) is 70.3 Å². The van der Waals surface area contributed by atoms with E-state index in [2.05, 4.69) is 81.4 Å². The Kier molecular flexibility index (Phi) is 6.53. The van der Waals surface area contributed by atoms with Gasteiger partial charge in [0.1, 0.15) is 0 Å². The molecule has 1 saturated heterocycles. The predicted octanol–water partition coefficient (Wildman–Crippen LogP) is 6.95. The fourth-order valence-electron chi connectivity index (χ4n) is 4.59. The van der Waals surface area contributed by atoms with E-state index in [1.807, 2.05) is 0 Å². The summed E-state index contributed by atoms with van der Waals surface area (Å²) in [6, 6.07) is 22.1. The summed E-state index contributed by atoms with van der Waals surface area (Å²) in [7, 11) is 0. The minimum atomic E-state index is 0.0211. The van der Waals surface area contributed by atoms with Gasteiger partial charge in [0.25, 0.3) is 0 Å². The average Bonchev–Trinajstić information content (AvgIpc) is 2.65. The molecule has 1 aliphatic heterocycles. The lowest BCUT2D eigenvalue weighted by molar-refractivity contribution is -0.0773. The summed E-state index contributed by atoms with van der Waals surface area (Å²) >= 11 is 0. The van der Waals surface area contributed by atoms with E-state index in [1.54, 1.807) is 0 Å². The molecule has 1 aliphatic rings. The molecule has 1 heteroatoms. The van der Waals surface area contributed by atoms with Crippen molar-refractivity contribution in [2.24, 2.45) is 5.92 Å². The third kappa shape index (κ3) is 5.20. The minimum Gasteiger partial charge on any atom is -0.376 e. The van der Waals surface area contributed by atoms with Gasteiger partial charge in [-0.2, -0.15) is 0 Å². The number of ether oxygens (including phenoxy) is 1. The Bertz CT molecular complexity index is 646. The molecule has 1 nitrogen and oxygen atoms in total. The first kappa shape index (κ1) is 19.2. The highest BCUT2D eigenvalue weighted by Crippen LogP contribution is 2.41. The van der Waals surface area contributed by atoms with E-state index in [9.17, 15) is 0 Å². The van der Waals surface area contributed by atoms with Crippen LogP contribution in [-0.2, 0) is 4.74 Å². The van der Waals surface area contributed by atoms with Crippen molar-refractivity contribution in [3.63, 3.8) is 0 Å². The summed E-state index contributed by atoms with van der Waals surface area (Å²) in [6.07, 6.45) is 6.19. The van der Waals surface area contributed by atoms with Crippen molar-refractivity contribution in [3.8, 4) is 0 Å². The van der Waals surface area contributed by atoms with Gasteiger partial charge in [0.15, 0.2) is 0 Å². The molecule has 26 heavy (non-hydrogen) atoms. The van der Waals surface area contributed by atoms with E-state index in [4.69, 9.17) is 4.74 Å². The molecule has 2 aromatic carbocycles. The Labute approximate surface area is 159 Å². The quantitative estimate of drug-likeness (QED) is 0.525. The van der Waals surface area contributed by atoms with Gasteiger partial charge in [0, 0.05) is 6.61 Å². The van der Waals surface area contributed by atoms with Gasteiger partial charge in [0.05, 0.1) is 5.60 Å². The van der Waals surface area contributed by atoms with Gasteiger partial charge in [-0.1, -0.05) is 74.0 Å². The molecule has 0 saturated carbocycles. The lowest BCUT2D eigenvalue weighted by atomic mass is 9.74. The van der Waals surface area contributed by atoms with E-state index in [0.29, 0.717) is 11.8 Å². The van der Waals surface area contributed by atoms with Crippen LogP contribution in [0.3, 0.4) is 0 Å². The second-order valence-electron chi connectivity index (χ2n) is 8.62. The lowest BCUT2D eigenvalue weighted by Gasteiger charge is -2.39. The van der Waals surface area contributed by atoms with Crippen LogP contribution in [0.4, 0.5) is 0 Å². The number of hydrogen-bond acceptors (Lipinski definition) is 1. The maximum Gasteiger partial charge on any atom is 0.0629 e. The van der Waals surface area contributed by atoms with Gasteiger partial charge in [-0.3, -0.25) is 0 Å². The Morgan fingerprint density at radius 1 is 0.923 bits per heavy atom. The van der Waals surface area contributed by atoms with E-state index in [-0.39, 0.29) is 5.60 Å². The fourth-order valence-corrected chi connectivity index (χ4v) is 4.59. The summed E-state index contributed by atoms with van der Waals surface area (Å²) in [6.45, 7) is 7.77. The van der Waals surface area contributed by atoms with Gasteiger partial charge >= 0.3 is 0 Å². The second kappa shape index (κ2) is 8.86. The van der Waals surface area contributed by atoms with Crippen LogP contribution in [0.2, 0.25) is 0 Å². The summed E-state index contributed by atoms with van der Waals surface area (Å²) < 4.78 is 5.98. The number of hydrogen-bond donors (Lipinski definition) is 0. The van der Waals surface area contributed by atoms with E-state index >= 15 is 0 Å². The standard InChI is InChI=1S/C25H34O/c1-20(21-12-6-4-7-13-21)11-10-16-24(22-14-8-5-9-15-22)23-17-18-26-25(2,3)19-23/h4-9,12-15,20,23-24H,10-11,16-19H2,1-3H3. The third-order valence-corrected chi connectivity index (χ3v) is 6.05. The Morgan fingerprint density at radius 2 is 1.54 bits per heavy atom. The Morgan fingerprint density at radius 3 is 2.15 bits per heavy atom. The van der Waals surface area contributed by atoms with Crippen molar-refractivity contribution in [1.29, 1.82) is 0 Å². The largest absolute Gasteiger partial charge is 0.376 e. The molecule has 3 rings (SSSR count). The number of benzene rings is 2. The smallest absolute Gasteiger partial charge is 0.0629 e. The van der Waals surface area contributed by atoms with Crippen molar-refractivity contribution in [3.05, 3.63) is 71.8 Å². The van der Waals surface area contributed by atoms with Gasteiger partial charge in [0.2, 0.25) is 0 Å². The first-order valence-electron chi connectivity index (χ1n) is 10.3. The zero-order valence-electron chi connectivity index (χ0n) is 16.7. The highest BCUT2D eigenvalue weighted by molar-refractivity contribution is 5.21. The van der Waals surface area contributed by atoms with Crippen LogP contribution >= 0.6 is 0 Å². The van der Waals surface area contributed by atoms with Crippen LogP contribution < -0.4 is 0 Å². The molecule has 2 aromatic rings. The predicted molar refractivity (Wildman–Crippen MR) is 111 cm³/mol. The summed E-state index contributed by atoms with van der Waals surface area (Å²) in [5.41, 5.74) is 3.01. The van der Waals surface area contributed by atoms with Crippen LogP contribution in [-0.4, -0.2) is 12.2 Å². The Balaban J connectivity index is 1.64. The Hall–Kier alpha value is -1.60. The molecule has 1 heterocycles. The molecule has 1 fully saturated rings. The maximum absolute atomic E-state index is 5.98. The van der Waals surface area contributed by atoms with Gasteiger partial charge in [-0.15, -0.1) is 0 Å². The van der Waals surface area contributed by atoms with Crippen LogP contribution in [0, 0.1) is 5.92 Å². The molecule has 0 aliphatic carbocycles. The summed E-state index contributed by atoms with van der Waals surface area (Å²) in [5, 5.41) is 0. The molecule has 140 valence electrons. The molecular weight excluding hydrogens is 316 g/mol. The van der Waals surface area contributed by atoms with Crippen molar-refractivity contribution >= 4 is 0 Å². The molecule has 0 amide bonds. The second-order valence-corrected chi connectivity index (χ2v) is 8.62. The molecule has 3 atom stereocenters. The first-order valence-corrected chi connectivity index (χ1v) is 10.3. The monoisotopic (exact) mass is 350 g/mol. The highest BCUT2D eigenvalue weighted by atomic mass is 16.5. The molecule has 0 radical (unpaired) electrons. The average molecular weight is 351 g/mol. The molecule has 0 spiro atoms. The zero-order valence-corrected chi connectivity index (χ0v) is 16.7. The van der Waals surface area contributed by atoms with Crippen LogP contribution in [0.1, 0.15) is 75.8 Å². The molecule has 0 N–H and O–H groups in total. The lowest BCUT2D eigenvalue weighted by Crippen LogP contribution is -2.36. The minimum absolute atomic E-state index is 0.0211. The highest BCUT2D eigenvalue weighted by Gasteiger charge is 2.33. The van der Waals surface area contributed by atoms with Crippen LogP contribution in [0.5, 0.6) is 0 Å². The van der Waals surface area contributed by atoms with Crippen molar-refractivity contribution in [2.75, 3.05) is 6.61 Å². The summed E-state index contributed by atoms with van der Waals surface area (Å²) in [4.78, 5) is 0. The molecule has 0 aromatic heterocycles.